The van der Waals surface area contributed by atoms with Crippen LogP contribution in [0.3, 0.4) is 0 Å². The molecule has 1 saturated carbocycles. The van der Waals surface area contributed by atoms with E-state index < -0.39 is 0 Å². The predicted molar refractivity (Wildman–Crippen MR) is 84.9 cm³/mol. The van der Waals surface area contributed by atoms with Crippen molar-refractivity contribution in [2.24, 2.45) is 5.92 Å². The number of nitrogens with zero attached hydrogens (tertiary/aromatic N) is 3. The van der Waals surface area contributed by atoms with Crippen LogP contribution in [-0.2, 0) is 6.54 Å². The summed E-state index contributed by atoms with van der Waals surface area (Å²) in [6.45, 7) is 2.90. The van der Waals surface area contributed by atoms with Gasteiger partial charge >= 0.3 is 0 Å². The molecule has 1 unspecified atom stereocenters. The zero-order valence-electron chi connectivity index (χ0n) is 12.7. The second-order valence-corrected chi connectivity index (χ2v) is 6.53. The van der Waals surface area contributed by atoms with Crippen molar-refractivity contribution in [3.05, 3.63) is 18.0 Å². The molecular weight excluding hydrogens is 286 g/mol. The number of alkyl halides is 1. The minimum absolute atomic E-state index is 0.117. The Bertz CT molecular complexity index is 617. The maximum atomic E-state index is 6.31. The second-order valence-electron chi connectivity index (χ2n) is 5.87. The molecule has 1 aliphatic rings. The second kappa shape index (κ2) is 6.22. The Morgan fingerprint density at radius 2 is 2.10 bits per heavy atom. The van der Waals surface area contributed by atoms with Crippen molar-refractivity contribution in [1.29, 1.82) is 0 Å². The van der Waals surface area contributed by atoms with Crippen molar-refractivity contribution in [2.45, 2.75) is 50.9 Å². The standard InChI is InChI=1S/C16H22ClN3O/c1-11(17)15-18-13-7-8-14(21-2)19-16(13)20(15)10-9-12-5-3-4-6-12/h7-8,11-12H,3-6,9-10H2,1-2H3. The van der Waals surface area contributed by atoms with Gasteiger partial charge in [-0.1, -0.05) is 25.7 Å². The van der Waals surface area contributed by atoms with E-state index in [0.29, 0.717) is 5.88 Å². The fourth-order valence-electron chi connectivity index (χ4n) is 3.25. The quantitative estimate of drug-likeness (QED) is 0.772. The van der Waals surface area contributed by atoms with E-state index in [4.69, 9.17) is 16.3 Å². The molecule has 0 N–H and O–H groups in total. The van der Waals surface area contributed by atoms with E-state index in [-0.39, 0.29) is 5.38 Å². The first-order valence-corrected chi connectivity index (χ1v) is 8.18. The normalized spacial score (nSPS) is 17.5. The van der Waals surface area contributed by atoms with Crippen molar-refractivity contribution in [3.63, 3.8) is 0 Å². The number of methoxy groups -OCH3 is 1. The third-order valence-corrected chi connectivity index (χ3v) is 4.59. The van der Waals surface area contributed by atoms with Crippen LogP contribution in [0, 0.1) is 5.92 Å². The van der Waals surface area contributed by atoms with Crippen LogP contribution in [0.15, 0.2) is 12.1 Å². The lowest BCUT2D eigenvalue weighted by Gasteiger charge is -2.13. The van der Waals surface area contributed by atoms with Gasteiger partial charge in [0.1, 0.15) is 11.3 Å². The highest BCUT2D eigenvalue weighted by molar-refractivity contribution is 6.20. The lowest BCUT2D eigenvalue weighted by molar-refractivity contribution is 0.398. The number of halogens is 1. The Kier molecular flexibility index (Phi) is 4.34. The van der Waals surface area contributed by atoms with Crippen LogP contribution < -0.4 is 4.74 Å². The number of fused-ring (bicyclic) bond motifs is 1. The number of pyridine rings is 1. The summed E-state index contributed by atoms with van der Waals surface area (Å²) in [6.07, 6.45) is 6.64. The van der Waals surface area contributed by atoms with Gasteiger partial charge in [-0.2, -0.15) is 4.98 Å². The molecule has 0 aromatic carbocycles. The van der Waals surface area contributed by atoms with Gasteiger partial charge < -0.3 is 9.30 Å². The fraction of sp³-hybridized carbons (Fsp3) is 0.625. The van der Waals surface area contributed by atoms with Crippen molar-refractivity contribution < 1.29 is 4.74 Å². The SMILES string of the molecule is COc1ccc2nc(C(C)Cl)n(CCC3CCCC3)c2n1. The van der Waals surface area contributed by atoms with Gasteiger partial charge in [0.25, 0.3) is 0 Å². The van der Waals surface area contributed by atoms with Gasteiger partial charge in [-0.25, -0.2) is 4.98 Å². The van der Waals surface area contributed by atoms with E-state index in [9.17, 15) is 0 Å². The Morgan fingerprint density at radius 1 is 1.33 bits per heavy atom. The van der Waals surface area contributed by atoms with Crippen molar-refractivity contribution in [2.75, 3.05) is 7.11 Å². The number of aryl methyl sites for hydroxylation is 1. The molecule has 0 saturated heterocycles. The van der Waals surface area contributed by atoms with Crippen LogP contribution in [0.2, 0.25) is 0 Å². The van der Waals surface area contributed by atoms with Crippen molar-refractivity contribution >= 4 is 22.8 Å². The van der Waals surface area contributed by atoms with E-state index in [2.05, 4.69) is 14.5 Å². The molecule has 5 heteroatoms. The summed E-state index contributed by atoms with van der Waals surface area (Å²) >= 11 is 6.31. The van der Waals surface area contributed by atoms with Crippen LogP contribution in [0.4, 0.5) is 0 Å². The van der Waals surface area contributed by atoms with Crippen LogP contribution in [-0.4, -0.2) is 21.6 Å². The monoisotopic (exact) mass is 307 g/mol. The van der Waals surface area contributed by atoms with Gasteiger partial charge in [-0.15, -0.1) is 11.6 Å². The Labute approximate surface area is 130 Å². The molecule has 2 heterocycles. The largest absolute Gasteiger partial charge is 0.481 e. The third-order valence-electron chi connectivity index (χ3n) is 4.40. The Hall–Kier alpha value is -1.29. The summed E-state index contributed by atoms with van der Waals surface area (Å²) in [4.78, 5) is 9.21. The molecule has 1 fully saturated rings. The van der Waals surface area contributed by atoms with Crippen LogP contribution in [0.1, 0.15) is 50.2 Å². The van der Waals surface area contributed by atoms with Gasteiger partial charge in [-0.05, 0) is 25.3 Å². The summed E-state index contributed by atoms with van der Waals surface area (Å²) in [5.41, 5.74) is 1.78. The maximum Gasteiger partial charge on any atom is 0.215 e. The number of rotatable bonds is 5. The highest BCUT2D eigenvalue weighted by Crippen LogP contribution is 2.30. The van der Waals surface area contributed by atoms with Gasteiger partial charge in [-0.3, -0.25) is 0 Å². The molecule has 21 heavy (non-hydrogen) atoms. The molecule has 1 atom stereocenters. The average Bonchev–Trinajstić information content (AvgIpc) is 3.11. The van der Waals surface area contributed by atoms with Gasteiger partial charge in [0.15, 0.2) is 5.65 Å². The van der Waals surface area contributed by atoms with Gasteiger partial charge in [0, 0.05) is 12.6 Å². The molecule has 0 spiro atoms. The maximum absolute atomic E-state index is 6.31. The topological polar surface area (TPSA) is 39.9 Å². The summed E-state index contributed by atoms with van der Waals surface area (Å²) in [7, 11) is 1.64. The first kappa shape index (κ1) is 14.6. The van der Waals surface area contributed by atoms with Gasteiger partial charge in [0.2, 0.25) is 5.88 Å². The number of hydrogen-bond donors (Lipinski definition) is 0. The first-order chi connectivity index (χ1) is 10.2. The first-order valence-electron chi connectivity index (χ1n) is 7.74. The number of ether oxygens (including phenoxy) is 1. The predicted octanol–water partition coefficient (Wildman–Crippen LogP) is 4.32. The van der Waals surface area contributed by atoms with Crippen LogP contribution in [0.5, 0.6) is 5.88 Å². The van der Waals surface area contributed by atoms with Gasteiger partial charge in [0.05, 0.1) is 12.5 Å². The molecule has 1 aliphatic carbocycles. The van der Waals surface area contributed by atoms with Crippen molar-refractivity contribution in [3.8, 4) is 5.88 Å². The molecule has 2 aromatic rings. The molecule has 114 valence electrons. The lowest BCUT2D eigenvalue weighted by Crippen LogP contribution is -2.08. The fourth-order valence-corrected chi connectivity index (χ4v) is 3.42. The van der Waals surface area contributed by atoms with Crippen molar-refractivity contribution in [1.82, 2.24) is 14.5 Å². The smallest absolute Gasteiger partial charge is 0.215 e. The molecule has 0 radical (unpaired) electrons. The zero-order valence-corrected chi connectivity index (χ0v) is 13.4. The zero-order chi connectivity index (χ0) is 14.8. The molecule has 3 rings (SSSR count). The third kappa shape index (κ3) is 3.00. The van der Waals surface area contributed by atoms with Crippen LogP contribution >= 0.6 is 11.6 Å². The molecule has 0 bridgehead atoms. The number of hydrogen-bond acceptors (Lipinski definition) is 3. The number of imidazole rings is 1. The Morgan fingerprint density at radius 3 is 2.76 bits per heavy atom. The molecule has 0 amide bonds. The summed E-state index contributed by atoms with van der Waals surface area (Å²) in [5.74, 6) is 2.37. The lowest BCUT2D eigenvalue weighted by atomic mass is 10.0. The minimum atomic E-state index is -0.117. The van der Waals surface area contributed by atoms with E-state index in [1.807, 2.05) is 19.1 Å². The Balaban J connectivity index is 1.93. The minimum Gasteiger partial charge on any atom is -0.481 e. The molecular formula is C16H22ClN3O. The van der Waals surface area contributed by atoms with E-state index in [1.165, 1.54) is 32.1 Å². The summed E-state index contributed by atoms with van der Waals surface area (Å²) < 4.78 is 7.41. The summed E-state index contributed by atoms with van der Waals surface area (Å²) in [6, 6.07) is 3.80. The van der Waals surface area contributed by atoms with E-state index in [0.717, 1.165) is 29.5 Å². The average molecular weight is 308 g/mol. The summed E-state index contributed by atoms with van der Waals surface area (Å²) in [5, 5.41) is -0.117. The highest BCUT2D eigenvalue weighted by Gasteiger charge is 2.19. The molecule has 4 nitrogen and oxygen atoms in total. The molecule has 0 aliphatic heterocycles. The highest BCUT2D eigenvalue weighted by atomic mass is 35.5. The van der Waals surface area contributed by atoms with Crippen LogP contribution in [0.25, 0.3) is 11.2 Å². The van der Waals surface area contributed by atoms with E-state index >= 15 is 0 Å². The molecule has 2 aromatic heterocycles. The van der Waals surface area contributed by atoms with E-state index in [1.54, 1.807) is 7.11 Å². The number of aromatic nitrogens is 3.